The number of fused-ring (bicyclic) bond motifs is 1. The molecule has 0 unspecified atom stereocenters. The average molecular weight is 375 g/mol. The third-order valence-electron chi connectivity index (χ3n) is 4.53. The molecule has 0 saturated carbocycles. The van der Waals surface area contributed by atoms with E-state index >= 15 is 0 Å². The minimum atomic E-state index is -1.54. The predicted molar refractivity (Wildman–Crippen MR) is 97.5 cm³/mol. The van der Waals surface area contributed by atoms with Crippen LogP contribution >= 0.6 is 0 Å². The first-order valence-corrected chi connectivity index (χ1v) is 8.74. The van der Waals surface area contributed by atoms with Gasteiger partial charge in [0.25, 0.3) is 11.8 Å². The highest BCUT2D eigenvalue weighted by atomic mass is 19.1. The summed E-state index contributed by atoms with van der Waals surface area (Å²) in [6, 6.07) is 4.57. The maximum Gasteiger partial charge on any atom is 0.255 e. The lowest BCUT2D eigenvalue weighted by molar-refractivity contribution is -0.123. The summed E-state index contributed by atoms with van der Waals surface area (Å²) in [4.78, 5) is 27.4. The van der Waals surface area contributed by atoms with Gasteiger partial charge in [-0.15, -0.1) is 0 Å². The number of benzene rings is 1. The average Bonchev–Trinajstić information content (AvgIpc) is 2.85. The molecule has 27 heavy (non-hydrogen) atoms. The van der Waals surface area contributed by atoms with Crippen LogP contribution in [0.3, 0.4) is 0 Å². The molecular weight excluding hydrogens is 353 g/mol. The minimum absolute atomic E-state index is 0.0807. The number of carbonyl (C=O) groups is 2. The van der Waals surface area contributed by atoms with Crippen LogP contribution in [0.5, 0.6) is 11.6 Å². The fraction of sp³-hybridized carbons (Fsp3) is 0.421. The topological polar surface area (TPSA) is 104 Å². The van der Waals surface area contributed by atoms with Crippen molar-refractivity contribution in [1.29, 1.82) is 0 Å². The lowest BCUT2D eigenvalue weighted by Crippen LogP contribution is -2.34. The number of nitrogens with zero attached hydrogens (tertiary/aromatic N) is 1. The van der Waals surface area contributed by atoms with Crippen LogP contribution in [0.1, 0.15) is 31.1 Å². The van der Waals surface area contributed by atoms with Crippen molar-refractivity contribution in [2.45, 2.75) is 39.1 Å². The molecule has 1 aliphatic rings. The molecule has 2 amide bonds. The van der Waals surface area contributed by atoms with E-state index < -0.39 is 29.9 Å². The van der Waals surface area contributed by atoms with Gasteiger partial charge in [0, 0.05) is 17.5 Å². The number of hydrogen-bond donors (Lipinski definition) is 2. The molecule has 3 atom stereocenters. The fourth-order valence-electron chi connectivity index (χ4n) is 3.03. The van der Waals surface area contributed by atoms with Crippen molar-refractivity contribution in [1.82, 2.24) is 10.3 Å². The van der Waals surface area contributed by atoms with E-state index in [9.17, 15) is 14.0 Å². The Bertz CT molecular complexity index is 887. The molecule has 0 aliphatic carbocycles. The lowest BCUT2D eigenvalue weighted by atomic mass is 10.0. The number of nitrogens with two attached hydrogens (primary N) is 1. The quantitative estimate of drug-likeness (QED) is 0.803. The normalized spacial score (nSPS) is 22.1. The molecule has 1 aromatic heterocycles. The number of amides is 2. The van der Waals surface area contributed by atoms with Crippen molar-refractivity contribution < 1.29 is 23.5 Å². The molecule has 1 fully saturated rings. The molecule has 0 spiro atoms. The second-order valence-electron chi connectivity index (χ2n) is 6.90. The van der Waals surface area contributed by atoms with Gasteiger partial charge in [0.05, 0.1) is 17.7 Å². The van der Waals surface area contributed by atoms with Crippen LogP contribution in [0.4, 0.5) is 4.39 Å². The summed E-state index contributed by atoms with van der Waals surface area (Å²) in [5.74, 6) is -1.06. The van der Waals surface area contributed by atoms with E-state index in [1.165, 1.54) is 0 Å². The number of rotatable bonds is 6. The molecule has 0 bridgehead atoms. The molecule has 0 radical (unpaired) electrons. The van der Waals surface area contributed by atoms with E-state index in [1.807, 2.05) is 13.8 Å². The van der Waals surface area contributed by atoms with Crippen molar-refractivity contribution in [2.75, 3.05) is 6.61 Å². The number of carbonyl (C=O) groups excluding carboxylic acids is 2. The number of nitrogens with one attached hydrogen (secondary N) is 1. The van der Waals surface area contributed by atoms with Crippen molar-refractivity contribution in [3.63, 3.8) is 0 Å². The molecule has 1 saturated heterocycles. The van der Waals surface area contributed by atoms with Crippen LogP contribution in [0.15, 0.2) is 24.4 Å². The maximum atomic E-state index is 13.7. The highest BCUT2D eigenvalue weighted by Gasteiger charge is 2.40. The number of pyridine rings is 1. The molecule has 3 N–H and O–H groups in total. The number of alkyl halides is 1. The minimum Gasteiger partial charge on any atom is -0.490 e. The zero-order valence-electron chi connectivity index (χ0n) is 15.4. The molecule has 1 aliphatic heterocycles. The first kappa shape index (κ1) is 18.9. The van der Waals surface area contributed by atoms with E-state index in [4.69, 9.17) is 15.2 Å². The predicted octanol–water partition coefficient (Wildman–Crippen LogP) is 1.97. The van der Waals surface area contributed by atoms with Gasteiger partial charge in [-0.25, -0.2) is 9.37 Å². The summed E-state index contributed by atoms with van der Waals surface area (Å²) in [7, 11) is 0. The van der Waals surface area contributed by atoms with E-state index in [2.05, 4.69) is 10.3 Å². The van der Waals surface area contributed by atoms with Crippen molar-refractivity contribution in [2.24, 2.45) is 11.7 Å². The Balaban J connectivity index is 1.91. The van der Waals surface area contributed by atoms with E-state index in [0.29, 0.717) is 22.4 Å². The lowest BCUT2D eigenvalue weighted by Gasteiger charge is -2.18. The number of primary amides is 1. The van der Waals surface area contributed by atoms with Crippen LogP contribution in [-0.4, -0.2) is 41.7 Å². The maximum absolute atomic E-state index is 13.7. The number of hydrogen-bond acceptors (Lipinski definition) is 5. The first-order chi connectivity index (χ1) is 12.8. The van der Waals surface area contributed by atoms with E-state index in [1.54, 1.807) is 31.3 Å². The van der Waals surface area contributed by atoms with Gasteiger partial charge < -0.3 is 20.5 Å². The summed E-state index contributed by atoms with van der Waals surface area (Å²) >= 11 is 0. The van der Waals surface area contributed by atoms with Crippen molar-refractivity contribution in [3.8, 4) is 11.6 Å². The molecule has 144 valence electrons. The standard InChI is InChI=1S/C19H22FN3O4/c1-9(2)27-15-7-12-11(6-13(15)17(21)24)4-5-22-19(12)26-8-14-10(3)16(20)18(25)23-14/h4-7,9-10,14,16H,8H2,1-3H3,(H2,21,24)(H,23,25)/t10-,14+,16+/m0/s1. The molecular formula is C19H22FN3O4. The Hall–Kier alpha value is -2.90. The third kappa shape index (κ3) is 3.79. The summed E-state index contributed by atoms with van der Waals surface area (Å²) in [6.07, 6.45) is -0.152. The van der Waals surface area contributed by atoms with E-state index in [-0.39, 0.29) is 18.3 Å². The summed E-state index contributed by atoms with van der Waals surface area (Å²) in [5.41, 5.74) is 5.73. The van der Waals surface area contributed by atoms with Crippen LogP contribution in [0.25, 0.3) is 10.8 Å². The first-order valence-electron chi connectivity index (χ1n) is 8.74. The Labute approximate surface area is 156 Å². The largest absolute Gasteiger partial charge is 0.490 e. The van der Waals surface area contributed by atoms with Crippen molar-refractivity contribution in [3.05, 3.63) is 30.0 Å². The smallest absolute Gasteiger partial charge is 0.255 e. The molecule has 7 nitrogen and oxygen atoms in total. The zero-order valence-corrected chi connectivity index (χ0v) is 15.4. The second-order valence-corrected chi connectivity index (χ2v) is 6.90. The molecule has 1 aromatic carbocycles. The summed E-state index contributed by atoms with van der Waals surface area (Å²) in [6.45, 7) is 5.42. The number of ether oxygens (including phenoxy) is 2. The Morgan fingerprint density at radius 1 is 1.41 bits per heavy atom. The van der Waals surface area contributed by atoms with Crippen LogP contribution in [0.2, 0.25) is 0 Å². The fourth-order valence-corrected chi connectivity index (χ4v) is 3.03. The molecule has 2 heterocycles. The Morgan fingerprint density at radius 3 is 2.74 bits per heavy atom. The molecule has 2 aromatic rings. The van der Waals surface area contributed by atoms with Gasteiger partial charge in [-0.2, -0.15) is 0 Å². The van der Waals surface area contributed by atoms with Gasteiger partial charge in [0.2, 0.25) is 5.88 Å². The Morgan fingerprint density at radius 2 is 2.15 bits per heavy atom. The van der Waals surface area contributed by atoms with Crippen LogP contribution in [0, 0.1) is 5.92 Å². The van der Waals surface area contributed by atoms with Gasteiger partial charge in [-0.1, -0.05) is 6.92 Å². The molecule has 3 rings (SSSR count). The van der Waals surface area contributed by atoms with Gasteiger partial charge in [-0.05, 0) is 37.4 Å². The highest BCUT2D eigenvalue weighted by molar-refractivity contribution is 6.01. The highest BCUT2D eigenvalue weighted by Crippen LogP contribution is 2.32. The Kier molecular flexibility index (Phi) is 5.16. The van der Waals surface area contributed by atoms with Crippen LogP contribution in [-0.2, 0) is 4.79 Å². The molecule has 8 heteroatoms. The zero-order chi connectivity index (χ0) is 19.7. The monoisotopic (exact) mass is 375 g/mol. The van der Waals surface area contributed by atoms with E-state index in [0.717, 1.165) is 0 Å². The SMILES string of the molecule is CC(C)Oc1cc2c(OC[C@H]3NC(=O)[C@H](F)[C@H]3C)nccc2cc1C(N)=O. The third-order valence-corrected chi connectivity index (χ3v) is 4.53. The number of halogens is 1. The van der Waals surface area contributed by atoms with Gasteiger partial charge in [-0.3, -0.25) is 9.59 Å². The summed E-state index contributed by atoms with van der Waals surface area (Å²) in [5, 5.41) is 3.92. The second kappa shape index (κ2) is 7.38. The van der Waals surface area contributed by atoms with Crippen molar-refractivity contribution >= 4 is 22.6 Å². The van der Waals surface area contributed by atoms with Gasteiger partial charge in [0.15, 0.2) is 6.17 Å². The van der Waals surface area contributed by atoms with Gasteiger partial charge in [0.1, 0.15) is 12.4 Å². The van der Waals surface area contributed by atoms with Crippen LogP contribution < -0.4 is 20.5 Å². The number of aromatic nitrogens is 1. The summed E-state index contributed by atoms with van der Waals surface area (Å²) < 4.78 is 25.2. The van der Waals surface area contributed by atoms with Gasteiger partial charge >= 0.3 is 0 Å².